The van der Waals surface area contributed by atoms with Crippen molar-refractivity contribution in [2.24, 2.45) is 11.8 Å². The summed E-state index contributed by atoms with van der Waals surface area (Å²) in [6, 6.07) is 28.4. The van der Waals surface area contributed by atoms with E-state index in [0.717, 1.165) is 13.1 Å². The van der Waals surface area contributed by atoms with Crippen molar-refractivity contribution in [3.05, 3.63) is 145 Å². The van der Waals surface area contributed by atoms with Crippen LogP contribution >= 0.6 is 0 Å². The van der Waals surface area contributed by atoms with E-state index in [9.17, 15) is 0 Å². The Balaban J connectivity index is 0.000000639. The number of fused-ring (bicyclic) bond motifs is 2. The van der Waals surface area contributed by atoms with Crippen molar-refractivity contribution in [1.82, 2.24) is 4.90 Å². The van der Waals surface area contributed by atoms with Gasteiger partial charge in [-0.05, 0) is 48.8 Å². The minimum atomic E-state index is -2.56. The summed E-state index contributed by atoms with van der Waals surface area (Å²) in [7, 11) is -4.29. The van der Waals surface area contributed by atoms with Gasteiger partial charge in [0.2, 0.25) is 0 Å². The van der Waals surface area contributed by atoms with Crippen LogP contribution in [0.1, 0.15) is 49.4 Å². The minimum absolute atomic E-state index is 0. The number of hydrogen-bond acceptors (Lipinski definition) is 1. The van der Waals surface area contributed by atoms with E-state index < -0.39 is 24.4 Å². The molecular formula is C44H66N2Si3Ti. The largest absolute Gasteiger partial charge is 4.00 e. The predicted molar refractivity (Wildman–Crippen MR) is 227 cm³/mol. The van der Waals surface area contributed by atoms with Crippen molar-refractivity contribution >= 4 is 34.8 Å². The van der Waals surface area contributed by atoms with Crippen molar-refractivity contribution in [3.63, 3.8) is 0 Å². The molecule has 50 heavy (non-hydrogen) atoms. The number of allylic oxidation sites excluding steroid dienone is 3. The molecule has 0 bridgehead atoms. The second-order valence-electron chi connectivity index (χ2n) is 17.9. The van der Waals surface area contributed by atoms with Crippen LogP contribution in [0.5, 0.6) is 0 Å². The first kappa shape index (κ1) is 44.6. The molecule has 0 radical (unpaired) electrons. The third kappa shape index (κ3) is 12.3. The van der Waals surface area contributed by atoms with E-state index in [-0.39, 0.29) is 34.7 Å². The van der Waals surface area contributed by atoms with Crippen LogP contribution in [-0.4, -0.2) is 40.9 Å². The first-order valence-electron chi connectivity index (χ1n) is 18.0. The maximum atomic E-state index is 5.98. The number of benzene rings is 3. The molecule has 1 fully saturated rings. The summed E-state index contributed by atoms with van der Waals surface area (Å²) in [4.78, 5) is 8.75. The average Bonchev–Trinajstić information content (AvgIpc) is 3.57. The van der Waals surface area contributed by atoms with Gasteiger partial charge in [-0.3, -0.25) is 4.90 Å². The summed E-state index contributed by atoms with van der Waals surface area (Å²) in [5.41, 5.74) is 5.99. The van der Waals surface area contributed by atoms with Gasteiger partial charge in [0.15, 0.2) is 0 Å². The van der Waals surface area contributed by atoms with Gasteiger partial charge in [-0.25, -0.2) is 0 Å². The summed E-state index contributed by atoms with van der Waals surface area (Å²) in [5, 5.41) is 2.91. The second kappa shape index (κ2) is 18.0. The van der Waals surface area contributed by atoms with Crippen LogP contribution in [0, 0.1) is 46.2 Å². The molecule has 1 heterocycles. The Morgan fingerprint density at radius 3 is 1.42 bits per heavy atom. The molecule has 6 rings (SSSR count). The van der Waals surface area contributed by atoms with Gasteiger partial charge in [0.1, 0.15) is 0 Å². The van der Waals surface area contributed by atoms with Crippen LogP contribution in [0.15, 0.2) is 97.1 Å². The Morgan fingerprint density at radius 2 is 1.04 bits per heavy atom. The van der Waals surface area contributed by atoms with E-state index in [1.807, 2.05) is 0 Å². The van der Waals surface area contributed by atoms with Crippen LogP contribution in [0.25, 0.3) is 4.98 Å². The summed E-state index contributed by atoms with van der Waals surface area (Å²) in [6.07, 6.45) is 10.8. The molecule has 4 atom stereocenters. The Bertz CT molecular complexity index is 1450. The molecule has 0 aromatic heterocycles. The van der Waals surface area contributed by atoms with Gasteiger partial charge >= 0.3 is 21.7 Å². The number of rotatable bonds is 5. The smallest absolute Gasteiger partial charge is 0.652 e. The fourth-order valence-corrected chi connectivity index (χ4v) is 12.9. The molecule has 2 aliphatic carbocycles. The molecule has 3 aromatic rings. The van der Waals surface area contributed by atoms with Gasteiger partial charge in [-0.1, -0.05) is 179 Å². The van der Waals surface area contributed by atoms with E-state index in [1.54, 1.807) is 0 Å². The summed E-state index contributed by atoms with van der Waals surface area (Å²) in [5.74, 6) is 1.02. The topological polar surface area (TPSA) is 17.3 Å². The zero-order chi connectivity index (χ0) is 35.5. The minimum Gasteiger partial charge on any atom is -0.652 e. The molecule has 6 heteroatoms. The molecule has 3 aromatic carbocycles. The molecule has 3 aliphatic rings. The zero-order valence-electron chi connectivity index (χ0n) is 33.5. The van der Waals surface area contributed by atoms with Crippen molar-refractivity contribution < 1.29 is 21.7 Å². The van der Waals surface area contributed by atoms with E-state index in [1.165, 1.54) is 39.0 Å². The van der Waals surface area contributed by atoms with Crippen LogP contribution in [0.3, 0.4) is 0 Å². The Morgan fingerprint density at radius 1 is 0.660 bits per heavy atom. The first-order valence-corrected chi connectivity index (χ1v) is 27.4. The first-order chi connectivity index (χ1) is 22.2. The predicted octanol–water partition coefficient (Wildman–Crippen LogP) is 10.9. The third-order valence-electron chi connectivity index (χ3n) is 8.99. The van der Waals surface area contributed by atoms with Crippen LogP contribution in [0.2, 0.25) is 44.8 Å². The number of aryl methyl sites for hydroxylation is 2. The van der Waals surface area contributed by atoms with E-state index >= 15 is 0 Å². The maximum absolute atomic E-state index is 5.98. The van der Waals surface area contributed by atoms with Crippen LogP contribution in [0.4, 0.5) is 0 Å². The number of hydrogen-bond donors (Lipinski definition) is 0. The van der Waals surface area contributed by atoms with Crippen molar-refractivity contribution in [2.75, 3.05) is 0 Å². The van der Waals surface area contributed by atoms with Crippen molar-refractivity contribution in [3.8, 4) is 0 Å². The van der Waals surface area contributed by atoms with Crippen LogP contribution < -0.4 is 10.4 Å². The molecule has 0 N–H and O–H groups in total. The van der Waals surface area contributed by atoms with E-state index in [0.29, 0.717) is 23.4 Å². The average molecular weight is 755 g/mol. The molecule has 2 nitrogen and oxygen atoms in total. The zero-order valence-corrected chi connectivity index (χ0v) is 38.0. The Labute approximate surface area is 326 Å². The van der Waals surface area contributed by atoms with Gasteiger partial charge in [0.25, 0.3) is 0 Å². The second-order valence-corrected chi connectivity index (χ2v) is 31.8. The molecule has 1 aliphatic heterocycles. The molecular weight excluding hydrogens is 689 g/mol. The normalized spacial score (nSPS) is 21.4. The van der Waals surface area contributed by atoms with Gasteiger partial charge in [-0.2, -0.15) is 0 Å². The SMILES string of the molecule is Cc1ccc([Si]([N-]C(C)(C)C)(c2ccc(C)cc2)C2CC(N3Cc4ccccc4C3)C3C=CC=CC32)cc1.[CH2-][Si](C)(C)C.[CH2-][Si](C)(C)C.[CH3-].[Ti+4]. The van der Waals surface area contributed by atoms with Crippen molar-refractivity contribution in [2.45, 2.75) is 111 Å². The monoisotopic (exact) mass is 754 g/mol. The Kier molecular flexibility index (Phi) is 16.0. The van der Waals surface area contributed by atoms with Crippen LogP contribution in [-0.2, 0) is 34.8 Å². The van der Waals surface area contributed by atoms with E-state index in [4.69, 9.17) is 4.98 Å². The summed E-state index contributed by atoms with van der Waals surface area (Å²) < 4.78 is 0. The molecule has 0 saturated heterocycles. The standard InChI is InChI=1S/C35H41N2Si.2C4H11Si.CH3.Ti/c1-25-14-18-29(19-15-25)38(36-35(3,4)5,30-20-16-26(2)17-21-30)34-22-33(31-12-8-9-13-32(31)34)37-23-27-10-6-7-11-28(27)24-37;2*1-5(2,3)4;;/h6-21,31-34H,22-24H2,1-5H3;2*1H2,2-4H3;1H3;/q4*-1;+4. The number of nitrogens with zero attached hydrogens (tertiary/aromatic N) is 2. The van der Waals surface area contributed by atoms with Gasteiger partial charge in [0.05, 0.1) is 0 Å². The third-order valence-corrected chi connectivity index (χ3v) is 14.1. The summed E-state index contributed by atoms with van der Waals surface area (Å²) >= 11 is 0. The molecule has 268 valence electrons. The molecule has 4 unspecified atom stereocenters. The fourth-order valence-electron chi connectivity index (χ4n) is 7.39. The van der Waals surface area contributed by atoms with Gasteiger partial charge in [-0.15, -0.1) is 21.7 Å². The molecule has 0 amide bonds. The molecule has 1 saturated carbocycles. The summed E-state index contributed by atoms with van der Waals surface area (Å²) in [6.45, 7) is 34.5. The van der Waals surface area contributed by atoms with Gasteiger partial charge in [0, 0.05) is 27.4 Å². The quantitative estimate of drug-likeness (QED) is 0.187. The Hall–Kier alpha value is -1.58. The maximum Gasteiger partial charge on any atom is 4.00 e. The molecule has 0 spiro atoms. The van der Waals surface area contributed by atoms with Gasteiger partial charge < -0.3 is 25.5 Å². The van der Waals surface area contributed by atoms with Crippen molar-refractivity contribution in [1.29, 1.82) is 0 Å². The fraction of sp³-hybridized carbons (Fsp3) is 0.432. The van der Waals surface area contributed by atoms with E-state index in [2.05, 4.69) is 189 Å².